The zero-order valence-corrected chi connectivity index (χ0v) is 34.9. The van der Waals surface area contributed by atoms with Crippen molar-refractivity contribution in [2.45, 2.75) is 63.4 Å². The Morgan fingerprint density at radius 2 is 1.69 bits per heavy atom. The molecule has 3 aliphatic rings. The number of amides is 3. The number of ketones is 1. The fraction of sp³-hybridized carbons (Fsp3) is 0.354. The number of fused-ring (bicyclic) bond motifs is 2. The summed E-state index contributed by atoms with van der Waals surface area (Å²) in [5.41, 5.74) is 4.86. The van der Waals surface area contributed by atoms with Gasteiger partial charge in [0.15, 0.2) is 5.78 Å². The number of carbonyl (C=O) groups excluding carboxylic acids is 4. The van der Waals surface area contributed by atoms with E-state index in [4.69, 9.17) is 9.72 Å². The molecule has 0 unspecified atom stereocenters. The van der Waals surface area contributed by atoms with E-state index in [1.54, 1.807) is 63.5 Å². The van der Waals surface area contributed by atoms with Crippen LogP contribution in [-0.4, -0.2) is 116 Å². The third-order valence-electron chi connectivity index (χ3n) is 12.3. The number of aromatic hydroxyl groups is 1. The van der Waals surface area contributed by atoms with Crippen molar-refractivity contribution in [2.24, 2.45) is 7.05 Å². The number of hydrogen-bond donors (Lipinski definition) is 1. The number of piperidine rings is 1. The lowest BCUT2D eigenvalue weighted by Gasteiger charge is -2.55. The smallest absolute Gasteiger partial charge is 0.246 e. The van der Waals surface area contributed by atoms with Crippen molar-refractivity contribution in [1.29, 1.82) is 0 Å². The number of methoxy groups -OCH3 is 1. The Morgan fingerprint density at radius 3 is 2.39 bits per heavy atom. The second-order valence-electron chi connectivity index (χ2n) is 16.3. The highest BCUT2D eigenvalue weighted by molar-refractivity contribution is 6.09. The molecular weight excluding hydrogens is 771 g/mol. The van der Waals surface area contributed by atoms with Crippen LogP contribution >= 0.6 is 0 Å². The van der Waals surface area contributed by atoms with Gasteiger partial charge in [0.25, 0.3) is 0 Å². The van der Waals surface area contributed by atoms with E-state index in [1.165, 1.54) is 0 Å². The Morgan fingerprint density at radius 1 is 0.934 bits per heavy atom. The van der Waals surface area contributed by atoms with Gasteiger partial charge in [0, 0.05) is 82.9 Å². The van der Waals surface area contributed by atoms with Gasteiger partial charge in [-0.1, -0.05) is 72.8 Å². The molecule has 13 heteroatoms. The molecule has 0 aliphatic carbocycles. The molecule has 3 aromatic carbocycles. The average molecular weight is 824 g/mol. The van der Waals surface area contributed by atoms with Gasteiger partial charge in [0.2, 0.25) is 17.7 Å². The third-order valence-corrected chi connectivity index (χ3v) is 12.3. The number of Topliss-reactive ketones (excluding diaryl/α,β-unsaturated/α-hetero) is 1. The predicted molar refractivity (Wildman–Crippen MR) is 232 cm³/mol. The minimum Gasteiger partial charge on any atom is -0.508 e. The molecular formula is C48H53N7O6. The number of rotatable bonds is 14. The quantitative estimate of drug-likeness (QED) is 0.117. The normalized spacial score (nSPS) is 18.8. The summed E-state index contributed by atoms with van der Waals surface area (Å²) in [6.07, 6.45) is 7.83. The summed E-state index contributed by atoms with van der Waals surface area (Å²) in [6, 6.07) is 25.3. The van der Waals surface area contributed by atoms with Crippen LogP contribution < -0.4 is 4.90 Å². The summed E-state index contributed by atoms with van der Waals surface area (Å²) in [7, 11) is 3.66. The van der Waals surface area contributed by atoms with Crippen LogP contribution in [0.2, 0.25) is 0 Å². The molecule has 0 radical (unpaired) electrons. The number of aromatic nitrogens is 2. The molecule has 8 rings (SSSR count). The van der Waals surface area contributed by atoms with Gasteiger partial charge in [0.1, 0.15) is 23.8 Å². The van der Waals surface area contributed by atoms with Gasteiger partial charge >= 0.3 is 0 Å². The van der Waals surface area contributed by atoms with Crippen LogP contribution in [0.25, 0.3) is 10.9 Å². The molecule has 3 amide bonds. The number of carbonyl (C=O) groups is 4. The zero-order chi connectivity index (χ0) is 42.6. The van der Waals surface area contributed by atoms with E-state index >= 15 is 0 Å². The minimum absolute atomic E-state index is 0.0375. The Balaban J connectivity index is 1.07. The number of nitrogens with zero attached hydrogens (tertiary/aromatic N) is 7. The minimum atomic E-state index is -0.909. The molecule has 0 saturated carbocycles. The van der Waals surface area contributed by atoms with E-state index in [-0.39, 0.29) is 80.8 Å². The van der Waals surface area contributed by atoms with Crippen molar-refractivity contribution < 1.29 is 29.0 Å². The first kappa shape index (κ1) is 41.4. The first-order valence-electron chi connectivity index (χ1n) is 21.0. The lowest BCUT2D eigenvalue weighted by Crippen LogP contribution is -2.75. The summed E-state index contributed by atoms with van der Waals surface area (Å²) >= 11 is 0. The topological polar surface area (TPSA) is 132 Å². The number of piperazine rings is 1. The number of phenols is 1. The average Bonchev–Trinajstić information content (AvgIpc) is 3.62. The van der Waals surface area contributed by atoms with Crippen LogP contribution in [0.1, 0.15) is 51.9 Å². The summed E-state index contributed by atoms with van der Waals surface area (Å²) in [5.74, 6) is 0.305. The maximum Gasteiger partial charge on any atom is 0.246 e. The number of benzene rings is 3. The number of para-hydroxylation sites is 1. The number of anilines is 1. The van der Waals surface area contributed by atoms with E-state index in [2.05, 4.69) is 11.5 Å². The number of phenolic OH excluding ortho intramolecular Hbond substituents is 1. The number of hydrogen-bond acceptors (Lipinski definition) is 9. The summed E-state index contributed by atoms with van der Waals surface area (Å²) < 4.78 is 7.45. The van der Waals surface area contributed by atoms with E-state index in [0.29, 0.717) is 12.0 Å². The van der Waals surface area contributed by atoms with E-state index in [0.717, 1.165) is 64.9 Å². The van der Waals surface area contributed by atoms with Crippen molar-refractivity contribution in [2.75, 3.05) is 44.7 Å². The Kier molecular flexibility index (Phi) is 12.3. The lowest BCUT2D eigenvalue weighted by atomic mass is 9.97. The molecule has 13 nitrogen and oxygen atoms in total. The van der Waals surface area contributed by atoms with Crippen LogP contribution in [0.4, 0.5) is 5.82 Å². The maximum atomic E-state index is 14.8. The van der Waals surface area contributed by atoms with Gasteiger partial charge in [-0.3, -0.25) is 19.2 Å². The van der Waals surface area contributed by atoms with E-state index < -0.39 is 12.2 Å². The summed E-state index contributed by atoms with van der Waals surface area (Å²) in [4.78, 5) is 67.5. The van der Waals surface area contributed by atoms with Gasteiger partial charge in [-0.15, -0.1) is 6.58 Å². The maximum absolute atomic E-state index is 14.8. The molecule has 3 saturated heterocycles. The number of aryl methyl sites for hydroxylation is 2. The van der Waals surface area contributed by atoms with E-state index in [1.807, 2.05) is 78.5 Å². The molecule has 3 fully saturated rings. The van der Waals surface area contributed by atoms with Gasteiger partial charge in [-0.05, 0) is 59.7 Å². The predicted octanol–water partition coefficient (Wildman–Crippen LogP) is 5.31. The molecule has 3 aliphatic heterocycles. The first-order chi connectivity index (χ1) is 29.6. The van der Waals surface area contributed by atoms with Crippen molar-refractivity contribution in [3.05, 3.63) is 138 Å². The second-order valence-corrected chi connectivity index (χ2v) is 16.3. The van der Waals surface area contributed by atoms with Crippen LogP contribution in [0.5, 0.6) is 5.75 Å². The molecule has 316 valence electrons. The highest BCUT2D eigenvalue weighted by atomic mass is 16.5. The zero-order valence-electron chi connectivity index (χ0n) is 34.9. The molecule has 2 atom stereocenters. The number of pyridine rings is 1. The van der Waals surface area contributed by atoms with E-state index in [9.17, 15) is 24.3 Å². The fourth-order valence-electron chi connectivity index (χ4n) is 9.19. The van der Waals surface area contributed by atoms with Crippen molar-refractivity contribution >= 4 is 40.2 Å². The van der Waals surface area contributed by atoms with Crippen LogP contribution in [-0.2, 0) is 52.0 Å². The van der Waals surface area contributed by atoms with Crippen molar-refractivity contribution in [3.63, 3.8) is 0 Å². The highest BCUT2D eigenvalue weighted by Crippen LogP contribution is 2.33. The SMILES string of the molecule is C=CCN1CC(=O)N2[C@@H](Cc3ccc(O)cc3)C(=O)N(Cc3cccc4c(C(=O)Cc5ccc(N6CCC(OC)CC6)nc5)cn(C)c34)C[C@@H]2N1C(=O)CCc1ccccc1. The highest BCUT2D eigenvalue weighted by Gasteiger charge is 2.51. The van der Waals surface area contributed by atoms with Gasteiger partial charge in [-0.25, -0.2) is 15.0 Å². The monoisotopic (exact) mass is 823 g/mol. The molecule has 2 aromatic heterocycles. The van der Waals surface area contributed by atoms with Crippen LogP contribution in [0.15, 0.2) is 110 Å². The number of hydrazine groups is 1. The lowest BCUT2D eigenvalue weighted by molar-refractivity contribution is -0.205. The number of ether oxygens (including phenoxy) is 1. The van der Waals surface area contributed by atoms with Crippen LogP contribution in [0.3, 0.4) is 0 Å². The fourth-order valence-corrected chi connectivity index (χ4v) is 9.19. The molecule has 5 aromatic rings. The van der Waals surface area contributed by atoms with Gasteiger partial charge in [-0.2, -0.15) is 0 Å². The Hall–Kier alpha value is -6.31. The Bertz CT molecular complexity index is 2390. The van der Waals surface area contributed by atoms with Crippen molar-refractivity contribution in [3.8, 4) is 5.75 Å². The van der Waals surface area contributed by atoms with Crippen LogP contribution in [0, 0.1) is 0 Å². The van der Waals surface area contributed by atoms with Crippen molar-refractivity contribution in [1.82, 2.24) is 29.4 Å². The largest absolute Gasteiger partial charge is 0.508 e. The molecule has 0 spiro atoms. The standard InChI is InChI=1S/C48H53N7O6/c1-4-23-53-32-46(59)54-41(26-34-13-17-37(56)18-14-34)48(60)52(31-44(54)55(53)45(58)20-16-33-9-6-5-7-10-33)29-36-11-8-12-39-40(30-50(2)47(36)39)42(57)27-35-15-19-43(49-28-35)51-24-21-38(61-3)22-25-51/h4-15,17-19,28,30,38,41,44,56H,1,16,20-27,29,31-32H2,2-3H3/t41-,44-/m0/s1. The first-order valence-corrected chi connectivity index (χ1v) is 21.0. The van der Waals surface area contributed by atoms with Gasteiger partial charge < -0.3 is 29.1 Å². The Labute approximate surface area is 356 Å². The second kappa shape index (κ2) is 18.1. The molecule has 5 heterocycles. The molecule has 1 N–H and O–H groups in total. The molecule has 0 bridgehead atoms. The summed E-state index contributed by atoms with van der Waals surface area (Å²) in [6.45, 7) is 6.13. The third kappa shape index (κ3) is 8.80. The van der Waals surface area contributed by atoms with Gasteiger partial charge in [0.05, 0.1) is 24.7 Å². The molecule has 61 heavy (non-hydrogen) atoms. The summed E-state index contributed by atoms with van der Waals surface area (Å²) in [5, 5.41) is 14.2.